The number of carbonyl (C=O) groups excluding carboxylic acids is 3. The first-order valence-corrected chi connectivity index (χ1v) is 8.75. The van der Waals surface area contributed by atoms with E-state index in [2.05, 4.69) is 4.98 Å². The molecule has 0 bridgehead atoms. The van der Waals surface area contributed by atoms with Gasteiger partial charge in [-0.05, 0) is 29.8 Å². The Hall–Kier alpha value is -3.22. The van der Waals surface area contributed by atoms with Crippen molar-refractivity contribution < 1.29 is 14.4 Å². The van der Waals surface area contributed by atoms with Gasteiger partial charge in [0.25, 0.3) is 0 Å². The highest BCUT2D eigenvalue weighted by atomic mass is 16.2. The van der Waals surface area contributed by atoms with Crippen LogP contribution in [-0.4, -0.2) is 46.1 Å². The number of amides is 3. The lowest BCUT2D eigenvalue weighted by Crippen LogP contribution is -2.34. The SMILES string of the molecule is CN(Cc1cccc(C(N)=O)c1)C(=O)C1CC(=O)N(Cc2ccccn2)C1. The number of hydrogen-bond donors (Lipinski definition) is 1. The van der Waals surface area contributed by atoms with Crippen molar-refractivity contribution in [3.8, 4) is 0 Å². The van der Waals surface area contributed by atoms with Gasteiger partial charge in [0.1, 0.15) is 0 Å². The molecule has 140 valence electrons. The Balaban J connectivity index is 1.61. The van der Waals surface area contributed by atoms with Crippen molar-refractivity contribution >= 4 is 17.7 Å². The lowest BCUT2D eigenvalue weighted by atomic mass is 10.1. The van der Waals surface area contributed by atoms with Crippen LogP contribution in [0.4, 0.5) is 0 Å². The lowest BCUT2D eigenvalue weighted by Gasteiger charge is -2.21. The van der Waals surface area contributed by atoms with Crippen LogP contribution in [0.5, 0.6) is 0 Å². The highest BCUT2D eigenvalue weighted by Gasteiger charge is 2.35. The molecule has 1 saturated heterocycles. The zero-order valence-electron chi connectivity index (χ0n) is 15.2. The molecule has 7 nitrogen and oxygen atoms in total. The molecular formula is C20H22N4O3. The molecule has 7 heteroatoms. The van der Waals surface area contributed by atoms with Gasteiger partial charge in [-0.15, -0.1) is 0 Å². The molecule has 27 heavy (non-hydrogen) atoms. The van der Waals surface area contributed by atoms with Crippen LogP contribution in [0, 0.1) is 5.92 Å². The minimum absolute atomic E-state index is 0.0388. The molecule has 3 amide bonds. The second-order valence-electron chi connectivity index (χ2n) is 6.76. The summed E-state index contributed by atoms with van der Waals surface area (Å²) in [6.07, 6.45) is 1.89. The van der Waals surface area contributed by atoms with E-state index in [1.807, 2.05) is 24.3 Å². The third-order valence-corrected chi connectivity index (χ3v) is 4.65. The predicted molar refractivity (Wildman–Crippen MR) is 99.2 cm³/mol. The third kappa shape index (κ3) is 4.49. The average molecular weight is 366 g/mol. The summed E-state index contributed by atoms with van der Waals surface area (Å²) in [6.45, 7) is 1.15. The van der Waals surface area contributed by atoms with Crippen LogP contribution in [0.15, 0.2) is 48.7 Å². The number of likely N-dealkylation sites (tertiary alicyclic amines) is 1. The van der Waals surface area contributed by atoms with Gasteiger partial charge in [0.2, 0.25) is 17.7 Å². The van der Waals surface area contributed by atoms with Crippen molar-refractivity contribution in [1.29, 1.82) is 0 Å². The summed E-state index contributed by atoms with van der Waals surface area (Å²) < 4.78 is 0. The molecule has 2 N–H and O–H groups in total. The van der Waals surface area contributed by atoms with Crippen molar-refractivity contribution in [2.24, 2.45) is 11.7 Å². The Morgan fingerprint density at radius 3 is 2.78 bits per heavy atom. The second kappa shape index (κ2) is 7.99. The molecule has 1 aromatic heterocycles. The minimum Gasteiger partial charge on any atom is -0.366 e. The summed E-state index contributed by atoms with van der Waals surface area (Å²) in [5, 5.41) is 0. The fourth-order valence-electron chi connectivity index (χ4n) is 3.26. The fraction of sp³-hybridized carbons (Fsp3) is 0.300. The molecule has 1 fully saturated rings. The smallest absolute Gasteiger partial charge is 0.248 e. The van der Waals surface area contributed by atoms with E-state index in [0.29, 0.717) is 25.2 Å². The zero-order valence-corrected chi connectivity index (χ0v) is 15.2. The molecule has 0 saturated carbocycles. The van der Waals surface area contributed by atoms with Crippen LogP contribution < -0.4 is 5.73 Å². The summed E-state index contributed by atoms with van der Waals surface area (Å²) >= 11 is 0. The van der Waals surface area contributed by atoms with Crippen LogP contribution in [0.1, 0.15) is 28.0 Å². The van der Waals surface area contributed by atoms with E-state index in [9.17, 15) is 14.4 Å². The number of aromatic nitrogens is 1. The molecular weight excluding hydrogens is 344 g/mol. The molecule has 1 aliphatic heterocycles. The highest BCUT2D eigenvalue weighted by molar-refractivity contribution is 5.93. The molecule has 3 rings (SSSR count). The maximum Gasteiger partial charge on any atom is 0.248 e. The molecule has 1 unspecified atom stereocenters. The Labute approximate surface area is 157 Å². The van der Waals surface area contributed by atoms with Crippen molar-refractivity contribution in [3.63, 3.8) is 0 Å². The quantitative estimate of drug-likeness (QED) is 0.830. The topological polar surface area (TPSA) is 96.6 Å². The van der Waals surface area contributed by atoms with Crippen LogP contribution in [0.25, 0.3) is 0 Å². The number of carbonyl (C=O) groups is 3. The van der Waals surface area contributed by atoms with E-state index >= 15 is 0 Å². The van der Waals surface area contributed by atoms with Crippen molar-refractivity contribution in [2.45, 2.75) is 19.5 Å². The van der Waals surface area contributed by atoms with Gasteiger partial charge in [0.15, 0.2) is 0 Å². The predicted octanol–water partition coefficient (Wildman–Crippen LogP) is 1.19. The fourth-order valence-corrected chi connectivity index (χ4v) is 3.26. The van der Waals surface area contributed by atoms with Gasteiger partial charge in [0.05, 0.1) is 18.2 Å². The van der Waals surface area contributed by atoms with Gasteiger partial charge in [-0.2, -0.15) is 0 Å². The number of benzene rings is 1. The summed E-state index contributed by atoms with van der Waals surface area (Å²) in [4.78, 5) is 43.8. The molecule has 0 radical (unpaired) electrons. The molecule has 2 heterocycles. The Bertz CT molecular complexity index is 853. The van der Waals surface area contributed by atoms with E-state index < -0.39 is 5.91 Å². The maximum atomic E-state index is 12.8. The van der Waals surface area contributed by atoms with Gasteiger partial charge in [-0.1, -0.05) is 18.2 Å². The number of nitrogens with two attached hydrogens (primary N) is 1. The standard InChI is InChI=1S/C20H22N4O3/c1-23(11-14-5-4-6-15(9-14)19(21)26)20(27)16-10-18(25)24(12-16)13-17-7-2-3-8-22-17/h2-9,16H,10-13H2,1H3,(H2,21,26). The summed E-state index contributed by atoms with van der Waals surface area (Å²) in [5.41, 5.74) is 7.33. The van der Waals surface area contributed by atoms with Crippen molar-refractivity contribution in [2.75, 3.05) is 13.6 Å². The third-order valence-electron chi connectivity index (χ3n) is 4.65. The van der Waals surface area contributed by atoms with Crippen LogP contribution in [0.2, 0.25) is 0 Å². The molecule has 0 spiro atoms. The molecule has 0 aliphatic carbocycles. The normalized spacial score (nSPS) is 16.4. The number of hydrogen-bond acceptors (Lipinski definition) is 4. The second-order valence-corrected chi connectivity index (χ2v) is 6.76. The van der Waals surface area contributed by atoms with E-state index in [1.165, 1.54) is 0 Å². The number of nitrogens with zero attached hydrogens (tertiary/aromatic N) is 3. The minimum atomic E-state index is -0.502. The first-order chi connectivity index (χ1) is 12.9. The van der Waals surface area contributed by atoms with Gasteiger partial charge >= 0.3 is 0 Å². The van der Waals surface area contributed by atoms with Crippen molar-refractivity contribution in [3.05, 3.63) is 65.5 Å². The van der Waals surface area contributed by atoms with E-state index in [0.717, 1.165) is 11.3 Å². The average Bonchev–Trinajstić information content (AvgIpc) is 3.02. The van der Waals surface area contributed by atoms with E-state index in [1.54, 1.807) is 41.2 Å². The van der Waals surface area contributed by atoms with Gasteiger partial charge in [-0.3, -0.25) is 19.4 Å². The Kier molecular flexibility index (Phi) is 5.49. The van der Waals surface area contributed by atoms with Crippen LogP contribution >= 0.6 is 0 Å². The first-order valence-electron chi connectivity index (χ1n) is 8.75. The highest BCUT2D eigenvalue weighted by Crippen LogP contribution is 2.22. The molecule has 1 aromatic carbocycles. The summed E-state index contributed by atoms with van der Waals surface area (Å²) in [6, 6.07) is 12.5. The van der Waals surface area contributed by atoms with Gasteiger partial charge < -0.3 is 15.5 Å². The first kappa shape index (κ1) is 18.6. The monoisotopic (exact) mass is 366 g/mol. The van der Waals surface area contributed by atoms with Crippen molar-refractivity contribution in [1.82, 2.24) is 14.8 Å². The summed E-state index contributed by atoms with van der Waals surface area (Å²) in [7, 11) is 1.70. The van der Waals surface area contributed by atoms with Gasteiger partial charge in [0, 0.05) is 38.3 Å². The maximum absolute atomic E-state index is 12.8. The van der Waals surface area contributed by atoms with Gasteiger partial charge in [-0.25, -0.2) is 0 Å². The number of pyridine rings is 1. The Morgan fingerprint density at radius 2 is 2.07 bits per heavy atom. The molecule has 1 atom stereocenters. The molecule has 2 aromatic rings. The number of rotatable bonds is 6. The van der Waals surface area contributed by atoms with Crippen LogP contribution in [0.3, 0.4) is 0 Å². The number of primary amides is 1. The summed E-state index contributed by atoms with van der Waals surface area (Å²) in [5.74, 6) is -0.998. The van der Waals surface area contributed by atoms with E-state index in [4.69, 9.17) is 5.73 Å². The largest absolute Gasteiger partial charge is 0.366 e. The van der Waals surface area contributed by atoms with Crippen LogP contribution in [-0.2, 0) is 22.7 Å². The lowest BCUT2D eigenvalue weighted by molar-refractivity contribution is -0.135. The Morgan fingerprint density at radius 1 is 1.26 bits per heavy atom. The zero-order chi connectivity index (χ0) is 19.4. The van der Waals surface area contributed by atoms with E-state index in [-0.39, 0.29) is 24.2 Å². The molecule has 1 aliphatic rings.